The number of hydrogen-bond acceptors (Lipinski definition) is 5. The number of carbonyl (C=O) groups excluding carboxylic acids is 2. The van der Waals surface area contributed by atoms with E-state index in [2.05, 4.69) is 10.6 Å². The largest absolute Gasteiger partial charge is 0.480 e. The maximum absolute atomic E-state index is 11.5. The second-order valence-corrected chi connectivity index (χ2v) is 6.21. The van der Waals surface area contributed by atoms with Crippen molar-refractivity contribution in [3.05, 3.63) is 11.5 Å². The average Bonchev–Trinajstić information content (AvgIpc) is 2.63. The zero-order chi connectivity index (χ0) is 15.3. The van der Waals surface area contributed by atoms with Crippen LogP contribution in [0.2, 0.25) is 0 Å². The highest BCUT2D eigenvalue weighted by molar-refractivity contribution is 7.94. The molecule has 3 amide bonds. The van der Waals surface area contributed by atoms with Crippen molar-refractivity contribution in [1.29, 1.82) is 0 Å². The predicted octanol–water partition coefficient (Wildman–Crippen LogP) is -1.68. The van der Waals surface area contributed by atoms with Crippen molar-refractivity contribution < 1.29 is 27.9 Å². The molecule has 10 heteroatoms. The average molecular weight is 305 g/mol. The van der Waals surface area contributed by atoms with Crippen LogP contribution in [0.15, 0.2) is 11.5 Å². The third kappa shape index (κ3) is 5.26. The number of carboxylic acids is 1. The van der Waals surface area contributed by atoms with Gasteiger partial charge in [0.25, 0.3) is 0 Å². The highest BCUT2D eigenvalue weighted by Gasteiger charge is 2.25. The van der Waals surface area contributed by atoms with Crippen LogP contribution in [-0.4, -0.2) is 49.3 Å². The first-order chi connectivity index (χ1) is 9.19. The molecule has 0 bridgehead atoms. The first-order valence-electron chi connectivity index (χ1n) is 5.69. The molecule has 0 radical (unpaired) electrons. The van der Waals surface area contributed by atoms with E-state index in [1.807, 2.05) is 0 Å². The smallest absolute Gasteiger partial charge is 0.326 e. The van der Waals surface area contributed by atoms with E-state index in [0.717, 1.165) is 5.41 Å². The van der Waals surface area contributed by atoms with Gasteiger partial charge in [0, 0.05) is 11.8 Å². The van der Waals surface area contributed by atoms with Gasteiger partial charge in [-0.05, 0) is 12.5 Å². The molecule has 1 rings (SSSR count). The molecule has 0 aromatic rings. The Balaban J connectivity index is 2.48. The summed E-state index contributed by atoms with van der Waals surface area (Å²) >= 11 is 0. The molecule has 1 heterocycles. The maximum Gasteiger partial charge on any atom is 0.326 e. The zero-order valence-corrected chi connectivity index (χ0v) is 11.2. The molecular formula is C10H15N3O6S. The molecule has 1 unspecified atom stereocenters. The van der Waals surface area contributed by atoms with Crippen LogP contribution in [0.3, 0.4) is 0 Å². The van der Waals surface area contributed by atoms with Gasteiger partial charge in [-0.15, -0.1) is 0 Å². The van der Waals surface area contributed by atoms with Gasteiger partial charge in [-0.1, -0.05) is 0 Å². The van der Waals surface area contributed by atoms with E-state index in [4.69, 9.17) is 10.8 Å². The Morgan fingerprint density at radius 3 is 2.50 bits per heavy atom. The number of aliphatic carboxylic acids is 1. The second-order valence-electron chi connectivity index (χ2n) is 4.28. The van der Waals surface area contributed by atoms with Gasteiger partial charge in [0.15, 0.2) is 9.84 Å². The van der Waals surface area contributed by atoms with Gasteiger partial charge in [0.2, 0.25) is 5.91 Å². The van der Waals surface area contributed by atoms with Crippen molar-refractivity contribution in [2.45, 2.75) is 24.9 Å². The summed E-state index contributed by atoms with van der Waals surface area (Å²) in [5.41, 5.74) is 4.90. The van der Waals surface area contributed by atoms with Gasteiger partial charge < -0.3 is 21.5 Å². The molecule has 0 saturated heterocycles. The van der Waals surface area contributed by atoms with E-state index in [0.29, 0.717) is 0 Å². The van der Waals surface area contributed by atoms with Crippen LogP contribution in [-0.2, 0) is 19.4 Å². The minimum absolute atomic E-state index is 0.142. The van der Waals surface area contributed by atoms with Crippen molar-refractivity contribution in [2.24, 2.45) is 5.73 Å². The highest BCUT2D eigenvalue weighted by atomic mass is 32.2. The standard InChI is InChI=1S/C10H15N3O6S/c11-8(14)2-1-7(9(15)16)13-10(17)12-6-3-4-20(18,19)5-6/h3-4,6-7H,1-2,5H2,(H2,11,14)(H,15,16)(H2,12,13,17)/t6?,7-/m1/s1. The molecule has 20 heavy (non-hydrogen) atoms. The molecule has 9 nitrogen and oxygen atoms in total. The molecule has 1 aliphatic rings. The lowest BCUT2D eigenvalue weighted by Crippen LogP contribution is -2.49. The quantitative estimate of drug-likeness (QED) is 0.459. The Morgan fingerprint density at radius 2 is 2.05 bits per heavy atom. The van der Waals surface area contributed by atoms with E-state index < -0.39 is 39.8 Å². The molecule has 112 valence electrons. The third-order valence-electron chi connectivity index (χ3n) is 2.53. The van der Waals surface area contributed by atoms with Crippen molar-refractivity contribution in [2.75, 3.05) is 5.75 Å². The predicted molar refractivity (Wildman–Crippen MR) is 68.2 cm³/mol. The fourth-order valence-corrected chi connectivity index (χ4v) is 2.81. The van der Waals surface area contributed by atoms with Gasteiger partial charge in [0.1, 0.15) is 6.04 Å². The molecule has 0 aliphatic carbocycles. The van der Waals surface area contributed by atoms with Crippen molar-refractivity contribution in [3.63, 3.8) is 0 Å². The number of sulfone groups is 1. The molecule has 0 saturated carbocycles. The Bertz CT molecular complexity index is 541. The van der Waals surface area contributed by atoms with Crippen LogP contribution in [0, 0.1) is 0 Å². The van der Waals surface area contributed by atoms with Gasteiger partial charge in [-0.2, -0.15) is 0 Å². The summed E-state index contributed by atoms with van der Waals surface area (Å²) in [7, 11) is -3.31. The Morgan fingerprint density at radius 1 is 1.40 bits per heavy atom. The fourth-order valence-electron chi connectivity index (χ4n) is 1.58. The van der Waals surface area contributed by atoms with Crippen LogP contribution in [0.5, 0.6) is 0 Å². The van der Waals surface area contributed by atoms with E-state index in [-0.39, 0.29) is 18.6 Å². The van der Waals surface area contributed by atoms with E-state index in [1.54, 1.807) is 0 Å². The monoisotopic (exact) mass is 305 g/mol. The molecule has 2 atom stereocenters. The number of amides is 3. The lowest BCUT2D eigenvalue weighted by atomic mass is 10.1. The van der Waals surface area contributed by atoms with E-state index in [9.17, 15) is 22.8 Å². The van der Waals surface area contributed by atoms with Gasteiger partial charge in [-0.25, -0.2) is 18.0 Å². The summed E-state index contributed by atoms with van der Waals surface area (Å²) in [6.07, 6.45) is 0.972. The Kier molecular flexibility index (Phi) is 5.08. The SMILES string of the molecule is NC(=O)CC[C@@H](NC(=O)NC1C=CS(=O)(=O)C1)C(=O)O. The van der Waals surface area contributed by atoms with Crippen molar-refractivity contribution in [3.8, 4) is 0 Å². The molecule has 5 N–H and O–H groups in total. The van der Waals surface area contributed by atoms with Crippen LogP contribution >= 0.6 is 0 Å². The number of primary amides is 1. The molecule has 0 fully saturated rings. The first kappa shape index (κ1) is 16.0. The van der Waals surface area contributed by atoms with Gasteiger partial charge >= 0.3 is 12.0 Å². The lowest BCUT2D eigenvalue weighted by molar-refractivity contribution is -0.139. The van der Waals surface area contributed by atoms with Crippen molar-refractivity contribution >= 4 is 27.7 Å². The fraction of sp³-hybridized carbons (Fsp3) is 0.500. The van der Waals surface area contributed by atoms with Gasteiger partial charge in [-0.3, -0.25) is 4.79 Å². The molecule has 0 aromatic heterocycles. The first-order valence-corrected chi connectivity index (χ1v) is 7.40. The minimum Gasteiger partial charge on any atom is -0.480 e. The summed E-state index contributed by atoms with van der Waals surface area (Å²) in [6.45, 7) is 0. The number of rotatable bonds is 6. The number of nitrogens with two attached hydrogens (primary N) is 1. The minimum atomic E-state index is -3.31. The normalized spacial score (nSPS) is 21.1. The van der Waals surface area contributed by atoms with Crippen LogP contribution in [0.25, 0.3) is 0 Å². The third-order valence-corrected chi connectivity index (χ3v) is 3.92. The Labute approximate surface area is 115 Å². The summed E-state index contributed by atoms with van der Waals surface area (Å²) in [5.74, 6) is -2.25. The zero-order valence-electron chi connectivity index (χ0n) is 10.4. The van der Waals surface area contributed by atoms with Crippen LogP contribution < -0.4 is 16.4 Å². The number of nitrogens with one attached hydrogen (secondary N) is 2. The maximum atomic E-state index is 11.5. The number of urea groups is 1. The lowest BCUT2D eigenvalue weighted by Gasteiger charge is -2.16. The molecular weight excluding hydrogens is 290 g/mol. The topological polar surface area (TPSA) is 156 Å². The van der Waals surface area contributed by atoms with Gasteiger partial charge in [0.05, 0.1) is 11.8 Å². The molecule has 1 aliphatic heterocycles. The number of carboxylic acid groups (broad SMARTS) is 1. The number of hydrogen-bond donors (Lipinski definition) is 4. The van der Waals surface area contributed by atoms with Crippen molar-refractivity contribution in [1.82, 2.24) is 10.6 Å². The summed E-state index contributed by atoms with van der Waals surface area (Å²) in [5, 5.41) is 14.3. The second kappa shape index (κ2) is 6.37. The molecule has 0 spiro atoms. The summed E-state index contributed by atoms with van der Waals surface area (Å²) in [6, 6.07) is -2.80. The van der Waals surface area contributed by atoms with E-state index >= 15 is 0 Å². The summed E-state index contributed by atoms with van der Waals surface area (Å²) < 4.78 is 22.3. The Hall–Kier alpha value is -2.10. The number of carbonyl (C=O) groups is 3. The molecule has 0 aromatic carbocycles. The van der Waals surface area contributed by atoms with Crippen LogP contribution in [0.1, 0.15) is 12.8 Å². The van der Waals surface area contributed by atoms with E-state index in [1.165, 1.54) is 6.08 Å². The summed E-state index contributed by atoms with van der Waals surface area (Å²) in [4.78, 5) is 33.0. The highest BCUT2D eigenvalue weighted by Crippen LogP contribution is 2.07. The van der Waals surface area contributed by atoms with Crippen LogP contribution in [0.4, 0.5) is 4.79 Å².